The zero-order valence-corrected chi connectivity index (χ0v) is 13.8. The summed E-state index contributed by atoms with van der Waals surface area (Å²) in [6.07, 6.45) is 3.51. The van der Waals surface area contributed by atoms with Crippen molar-refractivity contribution in [3.05, 3.63) is 29.8 Å². The Labute approximate surface area is 133 Å². The molecule has 1 aromatic rings. The van der Waals surface area contributed by atoms with Gasteiger partial charge in [-0.1, -0.05) is 18.2 Å². The number of carbonyl (C=O) groups is 1. The Morgan fingerprint density at radius 2 is 2.23 bits per heavy atom. The lowest BCUT2D eigenvalue weighted by Crippen LogP contribution is -2.45. The summed E-state index contributed by atoms with van der Waals surface area (Å²) in [5.74, 6) is 1.59. The van der Waals surface area contributed by atoms with Gasteiger partial charge in [-0.15, -0.1) is 0 Å². The highest BCUT2D eigenvalue weighted by Gasteiger charge is 2.25. The molecule has 0 saturated carbocycles. The molecule has 1 aliphatic rings. The van der Waals surface area contributed by atoms with E-state index in [2.05, 4.69) is 0 Å². The van der Waals surface area contributed by atoms with E-state index >= 15 is 0 Å². The molecule has 1 aromatic carbocycles. The van der Waals surface area contributed by atoms with Crippen LogP contribution in [-0.4, -0.2) is 36.5 Å². The Morgan fingerprint density at radius 3 is 2.95 bits per heavy atom. The third kappa shape index (κ3) is 4.73. The number of aryl methyl sites for hydroxylation is 1. The maximum atomic E-state index is 12.3. The van der Waals surface area contributed by atoms with E-state index in [0.717, 1.165) is 43.7 Å². The summed E-state index contributed by atoms with van der Waals surface area (Å²) in [5, 5.41) is 0. The molecule has 2 atom stereocenters. The number of ether oxygens (including phenoxy) is 1. The van der Waals surface area contributed by atoms with Crippen molar-refractivity contribution in [2.75, 3.05) is 19.7 Å². The molecular weight excluding hydrogens is 276 g/mol. The van der Waals surface area contributed by atoms with Gasteiger partial charge in [0.1, 0.15) is 5.75 Å². The molecule has 1 saturated heterocycles. The second kappa shape index (κ2) is 8.18. The Morgan fingerprint density at radius 1 is 1.45 bits per heavy atom. The molecule has 1 fully saturated rings. The van der Waals surface area contributed by atoms with Crippen LogP contribution in [0.25, 0.3) is 0 Å². The Hall–Kier alpha value is -1.55. The molecule has 0 bridgehead atoms. The van der Waals surface area contributed by atoms with E-state index < -0.39 is 0 Å². The largest absolute Gasteiger partial charge is 0.493 e. The molecule has 2 rings (SSSR count). The van der Waals surface area contributed by atoms with E-state index in [1.54, 1.807) is 0 Å². The molecular formula is C18H28N2O2. The summed E-state index contributed by atoms with van der Waals surface area (Å²) in [4.78, 5) is 14.3. The molecule has 4 heteroatoms. The summed E-state index contributed by atoms with van der Waals surface area (Å²) < 4.78 is 5.74. The molecule has 0 radical (unpaired) electrons. The fourth-order valence-electron chi connectivity index (χ4n) is 2.95. The maximum Gasteiger partial charge on any atom is 0.222 e. The molecule has 0 aromatic heterocycles. The zero-order valence-electron chi connectivity index (χ0n) is 13.8. The second-order valence-corrected chi connectivity index (χ2v) is 6.32. The van der Waals surface area contributed by atoms with Gasteiger partial charge in [-0.05, 0) is 50.7 Å². The number of rotatable bonds is 6. The topological polar surface area (TPSA) is 55.6 Å². The monoisotopic (exact) mass is 304 g/mol. The van der Waals surface area contributed by atoms with E-state index in [9.17, 15) is 4.79 Å². The van der Waals surface area contributed by atoms with Crippen LogP contribution in [0.4, 0.5) is 0 Å². The first kappa shape index (κ1) is 16.8. The lowest BCUT2D eigenvalue weighted by atomic mass is 9.92. The number of amides is 1. The number of hydrogen-bond acceptors (Lipinski definition) is 3. The summed E-state index contributed by atoms with van der Waals surface area (Å²) in [6.45, 7) is 6.34. The first-order valence-electron chi connectivity index (χ1n) is 8.29. The van der Waals surface area contributed by atoms with Crippen LogP contribution in [0.5, 0.6) is 5.75 Å². The Balaban J connectivity index is 1.70. The van der Waals surface area contributed by atoms with Crippen LogP contribution in [0, 0.1) is 12.8 Å². The van der Waals surface area contributed by atoms with Crippen molar-refractivity contribution in [3.8, 4) is 5.75 Å². The Bertz CT molecular complexity index is 488. The van der Waals surface area contributed by atoms with Crippen molar-refractivity contribution in [1.82, 2.24) is 4.90 Å². The number of nitrogens with two attached hydrogens (primary N) is 1. The number of benzene rings is 1. The van der Waals surface area contributed by atoms with E-state index in [1.807, 2.05) is 43.0 Å². The molecule has 2 N–H and O–H groups in total. The van der Waals surface area contributed by atoms with Crippen LogP contribution in [-0.2, 0) is 4.79 Å². The third-order valence-corrected chi connectivity index (χ3v) is 4.44. The van der Waals surface area contributed by atoms with E-state index in [0.29, 0.717) is 18.9 Å². The Kier molecular flexibility index (Phi) is 6.25. The average molecular weight is 304 g/mol. The average Bonchev–Trinajstić information content (AvgIpc) is 2.53. The van der Waals surface area contributed by atoms with Gasteiger partial charge in [-0.25, -0.2) is 0 Å². The number of hydrogen-bond donors (Lipinski definition) is 1. The molecule has 1 heterocycles. The standard InChI is InChI=1S/C18H28N2O2/c1-14-7-3-4-9-17(14)22-12-6-10-18(21)20-11-5-8-16(13-20)15(2)19/h3-4,7,9,15-16H,5-6,8,10-13,19H2,1-2H3/t15-,16+/m1/s1. The molecule has 22 heavy (non-hydrogen) atoms. The van der Waals surface area contributed by atoms with Gasteiger partial charge in [0.05, 0.1) is 6.61 Å². The second-order valence-electron chi connectivity index (χ2n) is 6.32. The van der Waals surface area contributed by atoms with E-state index in [1.165, 1.54) is 0 Å². The van der Waals surface area contributed by atoms with E-state index in [4.69, 9.17) is 10.5 Å². The van der Waals surface area contributed by atoms with Gasteiger partial charge < -0.3 is 15.4 Å². The molecule has 122 valence electrons. The predicted molar refractivity (Wildman–Crippen MR) is 88.9 cm³/mol. The molecule has 1 aliphatic heterocycles. The van der Waals surface area contributed by atoms with Gasteiger partial charge in [0.15, 0.2) is 0 Å². The van der Waals surface area contributed by atoms with Gasteiger partial charge in [0.2, 0.25) is 5.91 Å². The van der Waals surface area contributed by atoms with Gasteiger partial charge in [0, 0.05) is 25.6 Å². The van der Waals surface area contributed by atoms with Gasteiger partial charge in [0.25, 0.3) is 0 Å². The number of likely N-dealkylation sites (tertiary alicyclic amines) is 1. The zero-order chi connectivity index (χ0) is 15.9. The molecule has 0 aliphatic carbocycles. The SMILES string of the molecule is Cc1ccccc1OCCCC(=O)N1CCC[C@H]([C@@H](C)N)C1. The van der Waals surface area contributed by atoms with Crippen LogP contribution in [0.3, 0.4) is 0 Å². The quantitative estimate of drug-likeness (QED) is 0.822. The van der Waals surface area contributed by atoms with Gasteiger partial charge >= 0.3 is 0 Å². The predicted octanol–water partition coefficient (Wildman–Crippen LogP) is 2.74. The highest BCUT2D eigenvalue weighted by atomic mass is 16.5. The van der Waals surface area contributed by atoms with Gasteiger partial charge in [-0.2, -0.15) is 0 Å². The van der Waals surface area contributed by atoms with Crippen LogP contribution in [0.15, 0.2) is 24.3 Å². The first-order valence-corrected chi connectivity index (χ1v) is 8.29. The maximum absolute atomic E-state index is 12.3. The summed E-state index contributed by atoms with van der Waals surface area (Å²) in [5.41, 5.74) is 7.10. The molecule has 1 amide bonds. The lowest BCUT2D eigenvalue weighted by molar-refractivity contribution is -0.133. The summed E-state index contributed by atoms with van der Waals surface area (Å²) in [6, 6.07) is 8.13. The number of carbonyl (C=O) groups excluding carboxylic acids is 1. The van der Waals surface area contributed by atoms with Crippen molar-refractivity contribution >= 4 is 5.91 Å². The fourth-order valence-corrected chi connectivity index (χ4v) is 2.95. The normalized spacial score (nSPS) is 19.8. The van der Waals surface area contributed by atoms with Crippen LogP contribution in [0.2, 0.25) is 0 Å². The summed E-state index contributed by atoms with van der Waals surface area (Å²) in [7, 11) is 0. The van der Waals surface area contributed by atoms with Crippen LogP contribution in [0.1, 0.15) is 38.2 Å². The first-order chi connectivity index (χ1) is 10.6. The number of para-hydroxylation sites is 1. The van der Waals surface area contributed by atoms with Crippen LogP contribution < -0.4 is 10.5 Å². The van der Waals surface area contributed by atoms with Gasteiger partial charge in [-0.3, -0.25) is 4.79 Å². The number of piperidine rings is 1. The molecule has 0 spiro atoms. The third-order valence-electron chi connectivity index (χ3n) is 4.44. The van der Waals surface area contributed by atoms with Crippen molar-refractivity contribution in [2.24, 2.45) is 11.7 Å². The minimum atomic E-state index is 0.167. The van der Waals surface area contributed by atoms with Crippen molar-refractivity contribution in [1.29, 1.82) is 0 Å². The van der Waals surface area contributed by atoms with E-state index in [-0.39, 0.29) is 11.9 Å². The molecule has 4 nitrogen and oxygen atoms in total. The fraction of sp³-hybridized carbons (Fsp3) is 0.611. The van der Waals surface area contributed by atoms with Crippen molar-refractivity contribution < 1.29 is 9.53 Å². The lowest BCUT2D eigenvalue weighted by Gasteiger charge is -2.34. The summed E-state index contributed by atoms with van der Waals surface area (Å²) >= 11 is 0. The van der Waals surface area contributed by atoms with Crippen molar-refractivity contribution in [2.45, 2.75) is 45.6 Å². The smallest absolute Gasteiger partial charge is 0.222 e. The minimum Gasteiger partial charge on any atom is -0.493 e. The number of nitrogens with zero attached hydrogens (tertiary/aromatic N) is 1. The molecule has 0 unspecified atom stereocenters. The highest BCUT2D eigenvalue weighted by Crippen LogP contribution is 2.20. The van der Waals surface area contributed by atoms with Crippen LogP contribution >= 0.6 is 0 Å². The van der Waals surface area contributed by atoms with Crippen molar-refractivity contribution in [3.63, 3.8) is 0 Å². The highest BCUT2D eigenvalue weighted by molar-refractivity contribution is 5.76. The minimum absolute atomic E-state index is 0.167.